The number of hydrogen-bond acceptors (Lipinski definition) is 5. The third-order valence-corrected chi connectivity index (χ3v) is 5.02. The Hall–Kier alpha value is -3.02. The lowest BCUT2D eigenvalue weighted by Crippen LogP contribution is -2.35. The lowest BCUT2D eigenvalue weighted by molar-refractivity contribution is 0.0628. The Morgan fingerprint density at radius 2 is 1.35 bits per heavy atom. The van der Waals surface area contributed by atoms with Crippen LogP contribution in [-0.4, -0.2) is 43.5 Å². The molecule has 0 saturated carbocycles. The topological polar surface area (TPSA) is 51.2 Å². The van der Waals surface area contributed by atoms with E-state index < -0.39 is 6.10 Å². The van der Waals surface area contributed by atoms with Gasteiger partial charge in [-0.3, -0.25) is 4.90 Å². The van der Waals surface area contributed by atoms with Crippen LogP contribution >= 0.6 is 0 Å². The van der Waals surface area contributed by atoms with Crippen molar-refractivity contribution in [2.24, 2.45) is 0 Å². The first kappa shape index (κ1) is 22.7. The van der Waals surface area contributed by atoms with E-state index in [9.17, 15) is 5.11 Å². The fraction of sp³-hybridized carbons (Fsp3) is 0.308. The molecule has 164 valence electrons. The Labute approximate surface area is 184 Å². The first-order valence-corrected chi connectivity index (χ1v) is 10.4. The minimum Gasteiger partial charge on any atom is -0.497 e. The second-order valence-electron chi connectivity index (χ2n) is 7.65. The van der Waals surface area contributed by atoms with Gasteiger partial charge < -0.3 is 19.3 Å². The molecular formula is C26H31NO4. The molecule has 0 spiro atoms. The van der Waals surface area contributed by atoms with Crippen LogP contribution < -0.4 is 14.2 Å². The zero-order valence-corrected chi connectivity index (χ0v) is 18.5. The highest BCUT2D eigenvalue weighted by Gasteiger charge is 2.14. The molecule has 3 aromatic rings. The van der Waals surface area contributed by atoms with Gasteiger partial charge in [0.15, 0.2) is 0 Å². The molecule has 0 fully saturated rings. The van der Waals surface area contributed by atoms with Gasteiger partial charge >= 0.3 is 0 Å². The molecule has 0 amide bonds. The largest absolute Gasteiger partial charge is 0.497 e. The Balaban J connectivity index is 1.63. The van der Waals surface area contributed by atoms with E-state index in [0.717, 1.165) is 30.2 Å². The summed E-state index contributed by atoms with van der Waals surface area (Å²) in [6, 6.07) is 23.9. The number of nitrogens with zero attached hydrogens (tertiary/aromatic N) is 1. The molecule has 1 atom stereocenters. The summed E-state index contributed by atoms with van der Waals surface area (Å²) in [5.41, 5.74) is 3.61. The van der Waals surface area contributed by atoms with Gasteiger partial charge in [-0.2, -0.15) is 0 Å². The van der Waals surface area contributed by atoms with Gasteiger partial charge in [0.25, 0.3) is 0 Å². The maximum atomic E-state index is 10.7. The maximum Gasteiger partial charge on any atom is 0.119 e. The normalized spacial score (nSPS) is 11.9. The summed E-state index contributed by atoms with van der Waals surface area (Å²) in [6.07, 6.45) is -0.620. The number of aliphatic hydroxyl groups excluding tert-OH is 1. The Morgan fingerprint density at radius 3 is 1.97 bits per heavy atom. The molecular weight excluding hydrogens is 390 g/mol. The minimum absolute atomic E-state index is 0.221. The van der Waals surface area contributed by atoms with E-state index in [-0.39, 0.29) is 6.61 Å². The molecule has 5 nitrogen and oxygen atoms in total. The molecule has 3 rings (SSSR count). The van der Waals surface area contributed by atoms with Crippen LogP contribution in [0.15, 0.2) is 72.8 Å². The van der Waals surface area contributed by atoms with Crippen molar-refractivity contribution in [1.29, 1.82) is 0 Å². The van der Waals surface area contributed by atoms with Gasteiger partial charge in [-0.05, 0) is 54.4 Å². The molecule has 1 N–H and O–H groups in total. The van der Waals surface area contributed by atoms with E-state index in [2.05, 4.69) is 48.2 Å². The van der Waals surface area contributed by atoms with Crippen molar-refractivity contribution in [1.82, 2.24) is 4.90 Å². The molecule has 0 aliphatic heterocycles. The highest BCUT2D eigenvalue weighted by Crippen LogP contribution is 2.18. The van der Waals surface area contributed by atoms with Gasteiger partial charge in [-0.1, -0.05) is 42.0 Å². The second kappa shape index (κ2) is 11.4. The summed E-state index contributed by atoms with van der Waals surface area (Å²) in [5.74, 6) is 2.32. The highest BCUT2D eigenvalue weighted by molar-refractivity contribution is 5.31. The van der Waals surface area contributed by atoms with E-state index in [1.54, 1.807) is 14.2 Å². The number of aryl methyl sites for hydroxylation is 1. The van der Waals surface area contributed by atoms with Crippen molar-refractivity contribution in [3.63, 3.8) is 0 Å². The van der Waals surface area contributed by atoms with Crippen LogP contribution in [0.2, 0.25) is 0 Å². The lowest BCUT2D eigenvalue weighted by atomic mass is 10.1. The molecule has 3 aromatic carbocycles. The molecule has 0 bridgehead atoms. The average Bonchev–Trinajstić information content (AvgIpc) is 2.78. The van der Waals surface area contributed by atoms with Crippen LogP contribution in [0.5, 0.6) is 17.2 Å². The zero-order valence-electron chi connectivity index (χ0n) is 18.5. The fourth-order valence-corrected chi connectivity index (χ4v) is 3.46. The van der Waals surface area contributed by atoms with Crippen LogP contribution in [0.3, 0.4) is 0 Å². The summed E-state index contributed by atoms with van der Waals surface area (Å²) in [6.45, 7) is 4.27. The second-order valence-corrected chi connectivity index (χ2v) is 7.65. The van der Waals surface area contributed by atoms with Crippen molar-refractivity contribution in [2.75, 3.05) is 27.4 Å². The zero-order chi connectivity index (χ0) is 22.1. The van der Waals surface area contributed by atoms with Gasteiger partial charge in [0.1, 0.15) is 30.0 Å². The molecule has 0 heterocycles. The summed E-state index contributed by atoms with van der Waals surface area (Å²) in [7, 11) is 3.30. The SMILES string of the molecule is COc1ccc(CN(Cc2cccc(C)c2)CC(O)COc2ccc(OC)cc2)cc1. The van der Waals surface area contributed by atoms with Gasteiger partial charge in [0.2, 0.25) is 0 Å². The molecule has 0 aliphatic carbocycles. The maximum absolute atomic E-state index is 10.7. The highest BCUT2D eigenvalue weighted by atomic mass is 16.5. The molecule has 31 heavy (non-hydrogen) atoms. The molecule has 5 heteroatoms. The van der Waals surface area contributed by atoms with Crippen molar-refractivity contribution in [3.8, 4) is 17.2 Å². The van der Waals surface area contributed by atoms with E-state index in [4.69, 9.17) is 14.2 Å². The van der Waals surface area contributed by atoms with Crippen molar-refractivity contribution in [3.05, 3.63) is 89.5 Å². The van der Waals surface area contributed by atoms with Crippen LogP contribution in [-0.2, 0) is 13.1 Å². The van der Waals surface area contributed by atoms with Crippen molar-refractivity contribution >= 4 is 0 Å². The number of methoxy groups -OCH3 is 2. The first-order chi connectivity index (χ1) is 15.1. The number of rotatable bonds is 11. The number of hydrogen-bond donors (Lipinski definition) is 1. The van der Waals surface area contributed by atoms with Gasteiger partial charge in [0.05, 0.1) is 14.2 Å². The summed E-state index contributed by atoms with van der Waals surface area (Å²) >= 11 is 0. The monoisotopic (exact) mass is 421 g/mol. The standard InChI is InChI=1S/C26H31NO4/c1-20-5-4-6-22(15-20)17-27(16-21-7-9-24(29-2)10-8-21)18-23(28)19-31-26-13-11-25(30-3)12-14-26/h4-15,23,28H,16-19H2,1-3H3. The fourth-order valence-electron chi connectivity index (χ4n) is 3.46. The van der Waals surface area contributed by atoms with Crippen LogP contribution in [0.25, 0.3) is 0 Å². The molecule has 0 aliphatic rings. The number of aliphatic hydroxyl groups is 1. The van der Waals surface area contributed by atoms with E-state index in [1.165, 1.54) is 11.1 Å². The van der Waals surface area contributed by atoms with Crippen LogP contribution in [0, 0.1) is 6.92 Å². The van der Waals surface area contributed by atoms with Crippen LogP contribution in [0.4, 0.5) is 0 Å². The minimum atomic E-state index is -0.620. The predicted octanol–water partition coefficient (Wildman–Crippen LogP) is 4.45. The Morgan fingerprint density at radius 1 is 0.774 bits per heavy atom. The van der Waals surface area contributed by atoms with Crippen LogP contribution in [0.1, 0.15) is 16.7 Å². The van der Waals surface area contributed by atoms with Crippen molar-refractivity contribution in [2.45, 2.75) is 26.1 Å². The van der Waals surface area contributed by atoms with Gasteiger partial charge in [0, 0.05) is 19.6 Å². The summed E-state index contributed by atoms with van der Waals surface area (Å²) in [4.78, 5) is 2.23. The first-order valence-electron chi connectivity index (χ1n) is 10.4. The molecule has 1 unspecified atom stereocenters. The Kier molecular flexibility index (Phi) is 8.33. The molecule has 0 aromatic heterocycles. The quantitative estimate of drug-likeness (QED) is 0.496. The third kappa shape index (κ3) is 7.31. The smallest absolute Gasteiger partial charge is 0.119 e. The number of benzene rings is 3. The molecule has 0 saturated heterocycles. The lowest BCUT2D eigenvalue weighted by Gasteiger charge is -2.25. The Bertz CT molecular complexity index is 925. The van der Waals surface area contributed by atoms with Crippen molar-refractivity contribution < 1.29 is 19.3 Å². The van der Waals surface area contributed by atoms with Gasteiger partial charge in [-0.15, -0.1) is 0 Å². The third-order valence-electron chi connectivity index (χ3n) is 5.02. The van der Waals surface area contributed by atoms with Gasteiger partial charge in [-0.25, -0.2) is 0 Å². The summed E-state index contributed by atoms with van der Waals surface area (Å²) < 4.78 is 16.2. The molecule has 0 radical (unpaired) electrons. The number of ether oxygens (including phenoxy) is 3. The summed E-state index contributed by atoms with van der Waals surface area (Å²) in [5, 5.41) is 10.7. The van der Waals surface area contributed by atoms with E-state index >= 15 is 0 Å². The van der Waals surface area contributed by atoms with E-state index in [1.807, 2.05) is 36.4 Å². The predicted molar refractivity (Wildman–Crippen MR) is 123 cm³/mol. The van der Waals surface area contributed by atoms with E-state index in [0.29, 0.717) is 12.3 Å². The average molecular weight is 422 g/mol.